The number of carbonyl (C=O) groups excluding carboxylic acids is 1. The van der Waals surface area contributed by atoms with Crippen molar-refractivity contribution >= 4 is 17.3 Å². The summed E-state index contributed by atoms with van der Waals surface area (Å²) >= 11 is 0. The highest BCUT2D eigenvalue weighted by Gasteiger charge is 2.15. The molecule has 3 N–H and O–H groups in total. The number of halogens is 2. The highest BCUT2D eigenvalue weighted by Crippen LogP contribution is 2.21. The van der Waals surface area contributed by atoms with E-state index in [9.17, 15) is 13.6 Å². The molecule has 2 aromatic carbocycles. The predicted molar refractivity (Wildman–Crippen MR) is 69.9 cm³/mol. The maximum atomic E-state index is 13.5. The van der Waals surface area contributed by atoms with Crippen LogP contribution in [0, 0.1) is 18.6 Å². The second-order valence-electron chi connectivity index (χ2n) is 4.15. The Kier molecular flexibility index (Phi) is 3.46. The van der Waals surface area contributed by atoms with Gasteiger partial charge in [0.2, 0.25) is 0 Å². The monoisotopic (exact) mass is 262 g/mol. The summed E-state index contributed by atoms with van der Waals surface area (Å²) in [5, 5.41) is 2.46. The van der Waals surface area contributed by atoms with Gasteiger partial charge in [0.25, 0.3) is 5.91 Å². The lowest BCUT2D eigenvalue weighted by molar-refractivity contribution is 0.102. The molecular formula is C14H12F2N2O. The second kappa shape index (κ2) is 5.06. The molecule has 0 fully saturated rings. The molecule has 0 aliphatic carbocycles. The molecule has 0 unspecified atom stereocenters. The van der Waals surface area contributed by atoms with Crippen molar-refractivity contribution < 1.29 is 13.6 Å². The summed E-state index contributed by atoms with van der Waals surface area (Å²) in [7, 11) is 0. The van der Waals surface area contributed by atoms with E-state index in [1.54, 1.807) is 18.2 Å². The maximum absolute atomic E-state index is 13.5. The number of benzene rings is 2. The van der Waals surface area contributed by atoms with Crippen LogP contribution in [0.2, 0.25) is 0 Å². The summed E-state index contributed by atoms with van der Waals surface area (Å²) in [6, 6.07) is 8.50. The van der Waals surface area contributed by atoms with Crippen molar-refractivity contribution in [2.45, 2.75) is 6.92 Å². The molecule has 0 heterocycles. The lowest BCUT2D eigenvalue weighted by Gasteiger charge is -2.09. The third-order valence-electron chi connectivity index (χ3n) is 2.65. The van der Waals surface area contributed by atoms with Crippen molar-refractivity contribution in [1.82, 2.24) is 0 Å². The van der Waals surface area contributed by atoms with E-state index in [4.69, 9.17) is 5.73 Å². The minimum atomic E-state index is -1.17. The Morgan fingerprint density at radius 3 is 2.68 bits per heavy atom. The van der Waals surface area contributed by atoms with Gasteiger partial charge in [-0.1, -0.05) is 12.1 Å². The van der Waals surface area contributed by atoms with Crippen molar-refractivity contribution in [3.8, 4) is 0 Å². The quantitative estimate of drug-likeness (QED) is 0.817. The number of hydrogen-bond acceptors (Lipinski definition) is 2. The molecule has 3 nitrogen and oxygen atoms in total. The fourth-order valence-corrected chi connectivity index (χ4v) is 1.65. The number of anilines is 2. The molecule has 0 atom stereocenters. The van der Waals surface area contributed by atoms with E-state index in [2.05, 4.69) is 5.32 Å². The van der Waals surface area contributed by atoms with Crippen LogP contribution in [0.3, 0.4) is 0 Å². The van der Waals surface area contributed by atoms with Crippen LogP contribution in [0.5, 0.6) is 0 Å². The highest BCUT2D eigenvalue weighted by molar-refractivity contribution is 6.05. The molecule has 5 heteroatoms. The molecule has 98 valence electrons. The van der Waals surface area contributed by atoms with Crippen LogP contribution >= 0.6 is 0 Å². The van der Waals surface area contributed by atoms with Crippen LogP contribution in [0.4, 0.5) is 20.2 Å². The zero-order valence-electron chi connectivity index (χ0n) is 10.2. The van der Waals surface area contributed by atoms with Gasteiger partial charge in [0.1, 0.15) is 0 Å². The van der Waals surface area contributed by atoms with Gasteiger partial charge in [0, 0.05) is 0 Å². The van der Waals surface area contributed by atoms with Crippen LogP contribution in [0.25, 0.3) is 0 Å². The van der Waals surface area contributed by atoms with Gasteiger partial charge >= 0.3 is 0 Å². The molecular weight excluding hydrogens is 250 g/mol. The molecule has 0 radical (unpaired) electrons. The summed E-state index contributed by atoms with van der Waals surface area (Å²) in [5.41, 5.74) is 6.96. The van der Waals surface area contributed by atoms with Crippen molar-refractivity contribution in [1.29, 1.82) is 0 Å². The number of nitrogens with one attached hydrogen (secondary N) is 1. The van der Waals surface area contributed by atoms with E-state index in [1.807, 2.05) is 6.92 Å². The van der Waals surface area contributed by atoms with Crippen LogP contribution in [0.1, 0.15) is 15.9 Å². The second-order valence-corrected chi connectivity index (χ2v) is 4.15. The first-order chi connectivity index (χ1) is 8.99. The smallest absolute Gasteiger partial charge is 0.258 e. The molecule has 0 saturated carbocycles. The van der Waals surface area contributed by atoms with E-state index in [0.29, 0.717) is 11.4 Å². The number of nitrogens with two attached hydrogens (primary N) is 1. The van der Waals surface area contributed by atoms with E-state index >= 15 is 0 Å². The lowest BCUT2D eigenvalue weighted by Crippen LogP contribution is -2.15. The van der Waals surface area contributed by atoms with Gasteiger partial charge in [0.05, 0.1) is 16.9 Å². The van der Waals surface area contributed by atoms with Gasteiger partial charge in [-0.3, -0.25) is 4.79 Å². The van der Waals surface area contributed by atoms with Crippen molar-refractivity contribution in [2.24, 2.45) is 0 Å². The van der Waals surface area contributed by atoms with Gasteiger partial charge in [-0.15, -0.1) is 0 Å². The Hall–Kier alpha value is -2.43. The first-order valence-corrected chi connectivity index (χ1v) is 5.60. The Morgan fingerprint density at radius 2 is 1.95 bits per heavy atom. The molecule has 0 aliphatic rings. The number of hydrogen-bond donors (Lipinski definition) is 2. The lowest BCUT2D eigenvalue weighted by atomic mass is 10.1. The Balaban J connectivity index is 2.31. The summed E-state index contributed by atoms with van der Waals surface area (Å²) < 4.78 is 26.5. The van der Waals surface area contributed by atoms with E-state index in [0.717, 1.165) is 11.6 Å². The zero-order valence-corrected chi connectivity index (χ0v) is 10.2. The van der Waals surface area contributed by atoms with Crippen LogP contribution in [0.15, 0.2) is 36.4 Å². The number of rotatable bonds is 2. The van der Waals surface area contributed by atoms with Gasteiger partial charge in [-0.05, 0) is 36.8 Å². The van der Waals surface area contributed by atoms with Crippen molar-refractivity contribution in [3.63, 3.8) is 0 Å². The summed E-state index contributed by atoms with van der Waals surface area (Å²) in [6.45, 7) is 1.83. The highest BCUT2D eigenvalue weighted by atomic mass is 19.2. The number of aryl methyl sites for hydroxylation is 1. The Bertz CT molecular complexity index is 641. The third-order valence-corrected chi connectivity index (χ3v) is 2.65. The van der Waals surface area contributed by atoms with Gasteiger partial charge in [0.15, 0.2) is 11.6 Å². The molecule has 1 amide bonds. The fraction of sp³-hybridized carbons (Fsp3) is 0.0714. The normalized spacial score (nSPS) is 10.3. The van der Waals surface area contributed by atoms with Gasteiger partial charge in [-0.25, -0.2) is 8.78 Å². The summed E-state index contributed by atoms with van der Waals surface area (Å²) in [6.07, 6.45) is 0. The molecule has 19 heavy (non-hydrogen) atoms. The zero-order chi connectivity index (χ0) is 14.0. The molecule has 2 aromatic rings. The number of nitrogen functional groups attached to an aromatic ring is 1. The first kappa shape index (κ1) is 13.0. The van der Waals surface area contributed by atoms with Gasteiger partial charge in [-0.2, -0.15) is 0 Å². The Morgan fingerprint density at radius 1 is 1.21 bits per heavy atom. The molecule has 0 saturated heterocycles. The molecule has 0 aromatic heterocycles. The Labute approximate surface area is 109 Å². The van der Waals surface area contributed by atoms with E-state index in [-0.39, 0.29) is 5.56 Å². The molecule has 2 rings (SSSR count). The largest absolute Gasteiger partial charge is 0.397 e. The fourth-order valence-electron chi connectivity index (χ4n) is 1.65. The third kappa shape index (κ3) is 2.70. The molecule has 0 spiro atoms. The van der Waals surface area contributed by atoms with Crippen LogP contribution in [-0.2, 0) is 0 Å². The number of carbonyl (C=O) groups is 1. The van der Waals surface area contributed by atoms with E-state index in [1.165, 1.54) is 12.1 Å². The standard InChI is InChI=1S/C14H12F2N2O/c1-8-5-6-11(17)12(7-8)18-14(19)9-3-2-4-10(15)13(9)16/h2-7H,17H2,1H3,(H,18,19). The predicted octanol–water partition coefficient (Wildman–Crippen LogP) is 3.11. The molecule has 0 bridgehead atoms. The maximum Gasteiger partial charge on any atom is 0.258 e. The van der Waals surface area contributed by atoms with Crippen molar-refractivity contribution in [3.05, 3.63) is 59.2 Å². The number of amides is 1. The minimum absolute atomic E-state index is 0.357. The SMILES string of the molecule is Cc1ccc(N)c(NC(=O)c2cccc(F)c2F)c1. The first-order valence-electron chi connectivity index (χ1n) is 5.60. The van der Waals surface area contributed by atoms with Crippen LogP contribution in [-0.4, -0.2) is 5.91 Å². The average molecular weight is 262 g/mol. The van der Waals surface area contributed by atoms with Crippen LogP contribution < -0.4 is 11.1 Å². The van der Waals surface area contributed by atoms with Crippen molar-refractivity contribution in [2.75, 3.05) is 11.1 Å². The summed E-state index contributed by atoms with van der Waals surface area (Å²) in [4.78, 5) is 11.9. The molecule has 0 aliphatic heterocycles. The average Bonchev–Trinajstić information content (AvgIpc) is 2.37. The topological polar surface area (TPSA) is 55.1 Å². The van der Waals surface area contributed by atoms with E-state index < -0.39 is 17.5 Å². The minimum Gasteiger partial charge on any atom is -0.397 e. The summed E-state index contributed by atoms with van der Waals surface area (Å²) in [5.74, 6) is -2.98. The van der Waals surface area contributed by atoms with Gasteiger partial charge < -0.3 is 11.1 Å².